The van der Waals surface area contributed by atoms with Gasteiger partial charge in [0, 0.05) is 17.9 Å². The fourth-order valence-electron chi connectivity index (χ4n) is 3.06. The first-order valence-electron chi connectivity index (χ1n) is 8.38. The highest BCUT2D eigenvalue weighted by Gasteiger charge is 2.31. The van der Waals surface area contributed by atoms with Crippen molar-refractivity contribution < 1.29 is 14.3 Å². The average molecular weight is 304 g/mol. The molecule has 122 valence electrons. The van der Waals surface area contributed by atoms with E-state index in [0.29, 0.717) is 6.42 Å². The van der Waals surface area contributed by atoms with Crippen molar-refractivity contribution in [2.45, 2.75) is 77.4 Å². The summed E-state index contributed by atoms with van der Waals surface area (Å²) in [6.07, 6.45) is 4.70. The molecule has 0 aromatic heterocycles. The van der Waals surface area contributed by atoms with E-state index < -0.39 is 0 Å². The van der Waals surface area contributed by atoms with Crippen molar-refractivity contribution in [2.75, 3.05) is 0 Å². The van der Waals surface area contributed by atoms with Crippen LogP contribution in [0.4, 0.5) is 0 Å². The summed E-state index contributed by atoms with van der Waals surface area (Å²) in [7, 11) is 0. The fraction of sp³-hybridized carbons (Fsp3) is 0.632. The molecule has 0 amide bonds. The Balaban J connectivity index is 2.25. The first-order valence-corrected chi connectivity index (χ1v) is 8.38. The summed E-state index contributed by atoms with van der Waals surface area (Å²) in [6.45, 7) is 8.01. The minimum atomic E-state index is -0.236. The molecule has 1 aromatic rings. The Morgan fingerprint density at radius 2 is 1.86 bits per heavy atom. The Kier molecular flexibility index (Phi) is 5.49. The molecule has 1 aromatic carbocycles. The van der Waals surface area contributed by atoms with E-state index in [4.69, 9.17) is 9.47 Å². The molecule has 0 heterocycles. The molecule has 0 unspecified atom stereocenters. The summed E-state index contributed by atoms with van der Waals surface area (Å²) in [5.41, 5.74) is 0.936. The van der Waals surface area contributed by atoms with Gasteiger partial charge in [0.2, 0.25) is 0 Å². The van der Waals surface area contributed by atoms with E-state index in [9.17, 15) is 4.79 Å². The number of carbonyl (C=O) groups is 1. The summed E-state index contributed by atoms with van der Waals surface area (Å²) < 4.78 is 11.8. The highest BCUT2D eigenvalue weighted by molar-refractivity contribution is 5.69. The van der Waals surface area contributed by atoms with Crippen LogP contribution in [-0.4, -0.2) is 17.7 Å². The monoisotopic (exact) mass is 304 g/mol. The molecule has 0 spiro atoms. The number of para-hydroxylation sites is 1. The molecule has 1 aliphatic rings. The second-order valence-corrected chi connectivity index (χ2v) is 7.03. The van der Waals surface area contributed by atoms with Gasteiger partial charge in [-0.1, -0.05) is 31.5 Å². The zero-order chi connectivity index (χ0) is 16.2. The van der Waals surface area contributed by atoms with Crippen LogP contribution in [0.1, 0.15) is 71.3 Å². The lowest BCUT2D eigenvalue weighted by molar-refractivity contribution is -0.151. The van der Waals surface area contributed by atoms with Gasteiger partial charge in [-0.15, -0.1) is 0 Å². The third-order valence-corrected chi connectivity index (χ3v) is 4.01. The fourth-order valence-corrected chi connectivity index (χ4v) is 3.06. The van der Waals surface area contributed by atoms with Gasteiger partial charge in [-0.2, -0.15) is 0 Å². The van der Waals surface area contributed by atoms with Gasteiger partial charge in [-0.25, -0.2) is 0 Å². The highest BCUT2D eigenvalue weighted by atomic mass is 16.5. The van der Waals surface area contributed by atoms with Gasteiger partial charge in [0.25, 0.3) is 0 Å². The first kappa shape index (κ1) is 16.9. The second kappa shape index (κ2) is 7.17. The number of hydrogen-bond donors (Lipinski definition) is 0. The molecule has 22 heavy (non-hydrogen) atoms. The molecule has 1 aliphatic carbocycles. The lowest BCUT2D eigenvalue weighted by Crippen LogP contribution is -2.30. The molecule has 1 fully saturated rings. The Hall–Kier alpha value is -1.51. The van der Waals surface area contributed by atoms with Crippen LogP contribution in [0.2, 0.25) is 0 Å². The number of hydrogen-bond acceptors (Lipinski definition) is 3. The van der Waals surface area contributed by atoms with Crippen LogP contribution in [0.3, 0.4) is 0 Å². The van der Waals surface area contributed by atoms with E-state index >= 15 is 0 Å². The first-order chi connectivity index (χ1) is 10.4. The van der Waals surface area contributed by atoms with Gasteiger partial charge in [0.1, 0.15) is 17.5 Å². The number of esters is 1. The average Bonchev–Trinajstić information content (AvgIpc) is 2.47. The van der Waals surface area contributed by atoms with Crippen LogP contribution in [0.15, 0.2) is 24.3 Å². The molecule has 0 radical (unpaired) electrons. The van der Waals surface area contributed by atoms with Crippen LogP contribution in [0.25, 0.3) is 0 Å². The molecule has 0 N–H and O–H groups in total. The van der Waals surface area contributed by atoms with E-state index in [2.05, 4.69) is 26.8 Å². The van der Waals surface area contributed by atoms with Crippen LogP contribution < -0.4 is 4.74 Å². The quantitative estimate of drug-likeness (QED) is 0.746. The van der Waals surface area contributed by atoms with Crippen LogP contribution in [-0.2, 0) is 9.53 Å². The van der Waals surface area contributed by atoms with E-state index in [1.807, 2.05) is 25.1 Å². The Morgan fingerprint density at radius 3 is 2.55 bits per heavy atom. The van der Waals surface area contributed by atoms with Crippen molar-refractivity contribution in [3.8, 4) is 5.75 Å². The third-order valence-electron chi connectivity index (χ3n) is 4.01. The van der Waals surface area contributed by atoms with Crippen molar-refractivity contribution in [1.82, 2.24) is 0 Å². The molecule has 0 bridgehead atoms. The molecular formula is C19H28O3. The van der Waals surface area contributed by atoms with Gasteiger partial charge >= 0.3 is 5.97 Å². The molecule has 3 heteroatoms. The maximum atomic E-state index is 11.7. The Labute approximate surface area is 134 Å². The SMILES string of the molecule is CCC(=O)O[C@@H]1CCCC[C@H]1c1ccccc1OC(C)(C)C. The molecule has 1 saturated carbocycles. The minimum Gasteiger partial charge on any atom is -0.488 e. The number of carbonyl (C=O) groups excluding carboxylic acids is 1. The predicted octanol–water partition coefficient (Wildman–Crippen LogP) is 4.84. The van der Waals surface area contributed by atoms with Crippen LogP contribution >= 0.6 is 0 Å². The van der Waals surface area contributed by atoms with Crippen molar-refractivity contribution >= 4 is 5.97 Å². The van der Waals surface area contributed by atoms with Crippen LogP contribution in [0, 0.1) is 0 Å². The summed E-state index contributed by atoms with van der Waals surface area (Å²) in [4.78, 5) is 11.7. The number of ether oxygens (including phenoxy) is 2. The standard InChI is InChI=1S/C19H28O3/c1-5-18(20)21-16-12-8-6-10-14(16)15-11-7-9-13-17(15)22-19(2,3)4/h7,9,11,13-14,16H,5-6,8,10,12H2,1-4H3/t14-,16+/m0/s1. The van der Waals surface area contributed by atoms with Crippen molar-refractivity contribution in [2.24, 2.45) is 0 Å². The van der Waals surface area contributed by atoms with Crippen LogP contribution in [0.5, 0.6) is 5.75 Å². The third kappa shape index (κ3) is 4.49. The van der Waals surface area contributed by atoms with Gasteiger partial charge in [-0.3, -0.25) is 4.79 Å². The van der Waals surface area contributed by atoms with E-state index in [0.717, 1.165) is 25.0 Å². The second-order valence-electron chi connectivity index (χ2n) is 7.03. The Morgan fingerprint density at radius 1 is 1.18 bits per heavy atom. The zero-order valence-electron chi connectivity index (χ0n) is 14.2. The highest BCUT2D eigenvalue weighted by Crippen LogP contribution is 2.40. The lowest BCUT2D eigenvalue weighted by Gasteiger charge is -2.33. The van der Waals surface area contributed by atoms with Gasteiger partial charge in [0.15, 0.2) is 0 Å². The maximum Gasteiger partial charge on any atom is 0.305 e. The van der Waals surface area contributed by atoms with Crippen molar-refractivity contribution in [3.05, 3.63) is 29.8 Å². The molecule has 2 rings (SSSR count). The van der Waals surface area contributed by atoms with Gasteiger partial charge in [-0.05, 0) is 46.1 Å². The smallest absolute Gasteiger partial charge is 0.305 e. The topological polar surface area (TPSA) is 35.5 Å². The van der Waals surface area contributed by atoms with E-state index in [1.54, 1.807) is 0 Å². The number of rotatable bonds is 4. The molecule has 0 aliphatic heterocycles. The lowest BCUT2D eigenvalue weighted by atomic mass is 9.81. The molecular weight excluding hydrogens is 276 g/mol. The maximum absolute atomic E-state index is 11.7. The summed E-state index contributed by atoms with van der Waals surface area (Å²) >= 11 is 0. The molecule has 0 saturated heterocycles. The van der Waals surface area contributed by atoms with E-state index in [1.165, 1.54) is 12.0 Å². The summed E-state index contributed by atoms with van der Waals surface area (Å²) in [5, 5.41) is 0. The zero-order valence-corrected chi connectivity index (χ0v) is 14.2. The van der Waals surface area contributed by atoms with Crippen molar-refractivity contribution in [3.63, 3.8) is 0 Å². The largest absolute Gasteiger partial charge is 0.488 e. The Bertz CT molecular complexity index is 502. The van der Waals surface area contributed by atoms with E-state index in [-0.39, 0.29) is 23.6 Å². The molecule has 3 nitrogen and oxygen atoms in total. The summed E-state index contributed by atoms with van der Waals surface area (Å²) in [5.74, 6) is 1.05. The normalized spacial score (nSPS) is 22.2. The van der Waals surface area contributed by atoms with Gasteiger partial charge < -0.3 is 9.47 Å². The minimum absolute atomic E-state index is 0.0223. The summed E-state index contributed by atoms with van der Waals surface area (Å²) in [6, 6.07) is 8.18. The predicted molar refractivity (Wildman–Crippen MR) is 88.2 cm³/mol. The molecule has 2 atom stereocenters. The number of benzene rings is 1. The van der Waals surface area contributed by atoms with Gasteiger partial charge in [0.05, 0.1) is 0 Å². The van der Waals surface area contributed by atoms with Crippen molar-refractivity contribution in [1.29, 1.82) is 0 Å².